The van der Waals surface area contributed by atoms with Crippen LogP contribution in [0.5, 0.6) is 0 Å². The molecule has 1 heterocycles. The molecular formula is C15H23N3O. The van der Waals surface area contributed by atoms with Crippen molar-refractivity contribution in [1.82, 2.24) is 10.2 Å². The van der Waals surface area contributed by atoms with E-state index in [-0.39, 0.29) is 5.91 Å². The quantitative estimate of drug-likeness (QED) is 0.832. The van der Waals surface area contributed by atoms with E-state index in [4.69, 9.17) is 5.73 Å². The molecule has 1 atom stereocenters. The molecule has 3 N–H and O–H groups in total. The standard InChI is InChI=1S/C15H23N3O/c1-18-10-2-3-14(18)11-17-15(19)13-6-4-12(5-7-13)8-9-16/h4-7,14H,2-3,8-11,16H2,1H3,(H,17,19). The van der Waals surface area contributed by atoms with Crippen molar-refractivity contribution in [2.24, 2.45) is 5.73 Å². The van der Waals surface area contributed by atoms with E-state index in [1.807, 2.05) is 24.3 Å². The lowest BCUT2D eigenvalue weighted by Crippen LogP contribution is -2.38. The molecule has 1 fully saturated rings. The summed E-state index contributed by atoms with van der Waals surface area (Å²) in [6.07, 6.45) is 3.26. The number of hydrogen-bond donors (Lipinski definition) is 2. The van der Waals surface area contributed by atoms with Crippen LogP contribution in [0.3, 0.4) is 0 Å². The van der Waals surface area contributed by atoms with Crippen LogP contribution in [0, 0.1) is 0 Å². The molecule has 0 saturated carbocycles. The maximum Gasteiger partial charge on any atom is 0.251 e. The van der Waals surface area contributed by atoms with Crippen LogP contribution < -0.4 is 11.1 Å². The van der Waals surface area contributed by atoms with Gasteiger partial charge in [-0.2, -0.15) is 0 Å². The second-order valence-electron chi connectivity index (χ2n) is 5.22. The summed E-state index contributed by atoms with van der Waals surface area (Å²) >= 11 is 0. The number of carbonyl (C=O) groups is 1. The highest BCUT2D eigenvalue weighted by Crippen LogP contribution is 2.13. The highest BCUT2D eigenvalue weighted by Gasteiger charge is 2.21. The molecule has 4 nitrogen and oxygen atoms in total. The first-order valence-corrected chi connectivity index (χ1v) is 6.98. The molecule has 1 unspecified atom stereocenters. The topological polar surface area (TPSA) is 58.4 Å². The molecule has 1 aromatic rings. The highest BCUT2D eigenvalue weighted by molar-refractivity contribution is 5.94. The maximum absolute atomic E-state index is 12.0. The first-order chi connectivity index (χ1) is 9.20. The Balaban J connectivity index is 1.85. The van der Waals surface area contributed by atoms with Crippen molar-refractivity contribution >= 4 is 5.91 Å². The lowest BCUT2D eigenvalue weighted by Gasteiger charge is -2.19. The highest BCUT2D eigenvalue weighted by atomic mass is 16.1. The summed E-state index contributed by atoms with van der Waals surface area (Å²) in [5.74, 6) is 0.0135. The second kappa shape index (κ2) is 6.68. The molecular weight excluding hydrogens is 238 g/mol. The van der Waals surface area contributed by atoms with Crippen molar-refractivity contribution < 1.29 is 4.79 Å². The van der Waals surface area contributed by atoms with Crippen LogP contribution in [0.1, 0.15) is 28.8 Å². The lowest BCUT2D eigenvalue weighted by atomic mass is 10.1. The predicted molar refractivity (Wildman–Crippen MR) is 77.2 cm³/mol. The van der Waals surface area contributed by atoms with Crippen molar-refractivity contribution in [3.8, 4) is 0 Å². The second-order valence-corrected chi connectivity index (χ2v) is 5.22. The zero-order chi connectivity index (χ0) is 13.7. The van der Waals surface area contributed by atoms with Gasteiger partial charge in [-0.3, -0.25) is 4.79 Å². The van der Waals surface area contributed by atoms with Crippen LogP contribution in [0.25, 0.3) is 0 Å². The minimum absolute atomic E-state index is 0.0135. The summed E-state index contributed by atoms with van der Waals surface area (Å²) in [4.78, 5) is 14.3. The first-order valence-electron chi connectivity index (χ1n) is 6.98. The molecule has 0 aliphatic carbocycles. The number of carbonyl (C=O) groups excluding carboxylic acids is 1. The monoisotopic (exact) mass is 261 g/mol. The zero-order valence-electron chi connectivity index (χ0n) is 11.6. The number of nitrogens with one attached hydrogen (secondary N) is 1. The van der Waals surface area contributed by atoms with Crippen LogP contribution in [0.4, 0.5) is 0 Å². The summed E-state index contributed by atoms with van der Waals surface area (Å²) in [7, 11) is 2.12. The molecule has 0 aromatic heterocycles. The van der Waals surface area contributed by atoms with Crippen molar-refractivity contribution in [3.05, 3.63) is 35.4 Å². The molecule has 0 spiro atoms. The van der Waals surface area contributed by atoms with Gasteiger partial charge in [-0.15, -0.1) is 0 Å². The van der Waals surface area contributed by atoms with E-state index in [0.717, 1.165) is 25.1 Å². The number of amides is 1. The van der Waals surface area contributed by atoms with E-state index in [1.165, 1.54) is 18.4 Å². The number of nitrogens with zero attached hydrogens (tertiary/aromatic N) is 1. The molecule has 19 heavy (non-hydrogen) atoms. The summed E-state index contributed by atoms with van der Waals surface area (Å²) in [6, 6.07) is 8.19. The fourth-order valence-corrected chi connectivity index (χ4v) is 2.54. The van der Waals surface area contributed by atoms with Gasteiger partial charge >= 0.3 is 0 Å². The van der Waals surface area contributed by atoms with E-state index >= 15 is 0 Å². The minimum atomic E-state index is 0.0135. The van der Waals surface area contributed by atoms with Crippen molar-refractivity contribution in [1.29, 1.82) is 0 Å². The Kier molecular flexibility index (Phi) is 4.93. The van der Waals surface area contributed by atoms with Crippen molar-refractivity contribution in [2.75, 3.05) is 26.7 Å². The van der Waals surface area contributed by atoms with Crippen LogP contribution in [0.15, 0.2) is 24.3 Å². The molecule has 1 amide bonds. The summed E-state index contributed by atoms with van der Waals surface area (Å²) in [5, 5.41) is 3.02. The zero-order valence-corrected chi connectivity index (χ0v) is 11.6. The van der Waals surface area contributed by atoms with Gasteiger partial charge in [-0.1, -0.05) is 12.1 Å². The van der Waals surface area contributed by atoms with Crippen LogP contribution in [-0.4, -0.2) is 43.5 Å². The third-order valence-corrected chi connectivity index (χ3v) is 3.82. The van der Waals surface area contributed by atoms with Crippen molar-refractivity contribution in [3.63, 3.8) is 0 Å². The average Bonchev–Trinajstić information content (AvgIpc) is 2.83. The van der Waals surface area contributed by atoms with Gasteiger partial charge in [-0.25, -0.2) is 0 Å². The SMILES string of the molecule is CN1CCCC1CNC(=O)c1ccc(CCN)cc1. The largest absolute Gasteiger partial charge is 0.350 e. The molecule has 2 rings (SSSR count). The number of likely N-dealkylation sites (tertiary alicyclic amines) is 1. The molecule has 1 aliphatic heterocycles. The minimum Gasteiger partial charge on any atom is -0.350 e. The van der Waals surface area contributed by atoms with Crippen molar-refractivity contribution in [2.45, 2.75) is 25.3 Å². The van der Waals surface area contributed by atoms with E-state index in [1.54, 1.807) is 0 Å². The maximum atomic E-state index is 12.0. The van der Waals surface area contributed by atoms with Gasteiger partial charge in [-0.05, 0) is 57.1 Å². The molecule has 1 aliphatic rings. The fraction of sp³-hybridized carbons (Fsp3) is 0.533. The summed E-state index contributed by atoms with van der Waals surface area (Å²) in [6.45, 7) is 2.51. The third kappa shape index (κ3) is 3.78. The number of nitrogens with two attached hydrogens (primary N) is 1. The van der Waals surface area contributed by atoms with Gasteiger partial charge < -0.3 is 16.0 Å². The lowest BCUT2D eigenvalue weighted by molar-refractivity contribution is 0.0943. The Morgan fingerprint density at radius 2 is 2.16 bits per heavy atom. The Morgan fingerprint density at radius 3 is 2.74 bits per heavy atom. The average molecular weight is 261 g/mol. The first kappa shape index (κ1) is 14.0. The molecule has 4 heteroatoms. The number of likely N-dealkylation sites (N-methyl/N-ethyl adjacent to an activating group) is 1. The molecule has 1 aromatic carbocycles. The van der Waals surface area contributed by atoms with Crippen LogP contribution >= 0.6 is 0 Å². The van der Waals surface area contributed by atoms with E-state index < -0.39 is 0 Å². The van der Waals surface area contributed by atoms with Gasteiger partial charge in [0.2, 0.25) is 0 Å². The smallest absolute Gasteiger partial charge is 0.251 e. The number of rotatable bonds is 5. The molecule has 0 radical (unpaired) electrons. The van der Waals surface area contributed by atoms with E-state index in [0.29, 0.717) is 12.6 Å². The number of hydrogen-bond acceptors (Lipinski definition) is 3. The predicted octanol–water partition coefficient (Wildman–Crippen LogP) is 1.01. The van der Waals surface area contributed by atoms with Crippen LogP contribution in [-0.2, 0) is 6.42 Å². The molecule has 104 valence electrons. The Hall–Kier alpha value is -1.39. The number of benzene rings is 1. The van der Waals surface area contributed by atoms with Gasteiger partial charge in [0.05, 0.1) is 0 Å². The normalized spacial score (nSPS) is 19.6. The third-order valence-electron chi connectivity index (χ3n) is 3.82. The molecule has 0 bridgehead atoms. The fourth-order valence-electron chi connectivity index (χ4n) is 2.54. The molecule has 1 saturated heterocycles. The van der Waals surface area contributed by atoms with Gasteiger partial charge in [0.1, 0.15) is 0 Å². The van der Waals surface area contributed by atoms with E-state index in [9.17, 15) is 4.79 Å². The van der Waals surface area contributed by atoms with E-state index in [2.05, 4.69) is 17.3 Å². The summed E-state index contributed by atoms with van der Waals surface area (Å²) < 4.78 is 0. The van der Waals surface area contributed by atoms with Crippen LogP contribution in [0.2, 0.25) is 0 Å². The Bertz CT molecular complexity index is 416. The van der Waals surface area contributed by atoms with Gasteiger partial charge in [0, 0.05) is 18.2 Å². The Labute approximate surface area is 115 Å². The Morgan fingerprint density at radius 1 is 1.42 bits per heavy atom. The van der Waals surface area contributed by atoms with Gasteiger partial charge in [0.25, 0.3) is 5.91 Å². The summed E-state index contributed by atoms with van der Waals surface area (Å²) in [5.41, 5.74) is 7.40. The van der Waals surface area contributed by atoms with Gasteiger partial charge in [0.15, 0.2) is 0 Å².